The summed E-state index contributed by atoms with van der Waals surface area (Å²) in [6, 6.07) is 6.08. The van der Waals surface area contributed by atoms with Crippen LogP contribution in [0.25, 0.3) is 0 Å². The van der Waals surface area contributed by atoms with Gasteiger partial charge in [0.1, 0.15) is 5.75 Å². The van der Waals surface area contributed by atoms with Crippen molar-refractivity contribution in [3.8, 4) is 5.75 Å². The third-order valence-corrected chi connectivity index (χ3v) is 3.31. The van der Waals surface area contributed by atoms with Gasteiger partial charge in [0.25, 0.3) is 0 Å². The van der Waals surface area contributed by atoms with Crippen LogP contribution in [0, 0.1) is 0 Å². The monoisotopic (exact) mass is 328 g/mol. The minimum Gasteiger partial charge on any atom is -0.496 e. The van der Waals surface area contributed by atoms with Gasteiger partial charge in [0.15, 0.2) is 5.11 Å². The molecule has 1 atom stereocenters. The molecule has 3 nitrogen and oxygen atoms in total. The van der Waals surface area contributed by atoms with Crippen LogP contribution in [0.4, 0.5) is 0 Å². The Kier molecular flexibility index (Phi) is 6.15. The smallest absolute Gasteiger partial charge is 0.167 e. The average molecular weight is 329 g/mol. The molecular formula is C13H17BrN2OS. The molecule has 0 heterocycles. The van der Waals surface area contributed by atoms with Gasteiger partial charge in [0.05, 0.1) is 17.6 Å². The zero-order valence-corrected chi connectivity index (χ0v) is 12.9. The maximum Gasteiger partial charge on any atom is 0.167 e. The summed E-state index contributed by atoms with van der Waals surface area (Å²) in [6.07, 6.45) is 1.77. The summed E-state index contributed by atoms with van der Waals surface area (Å²) in [5, 5.41) is 6.86. The van der Waals surface area contributed by atoms with Crippen LogP contribution in [-0.2, 0) is 0 Å². The Balaban J connectivity index is 2.66. The van der Waals surface area contributed by atoms with Gasteiger partial charge in [-0.05, 0) is 52.8 Å². The average Bonchev–Trinajstić information content (AvgIpc) is 2.36. The highest BCUT2D eigenvalue weighted by Gasteiger charge is 2.09. The Hall–Kier alpha value is -1.07. The van der Waals surface area contributed by atoms with E-state index in [9.17, 15) is 0 Å². The van der Waals surface area contributed by atoms with E-state index in [-0.39, 0.29) is 6.04 Å². The zero-order valence-electron chi connectivity index (χ0n) is 10.5. The number of benzene rings is 1. The topological polar surface area (TPSA) is 33.3 Å². The minimum absolute atomic E-state index is 0.122. The van der Waals surface area contributed by atoms with E-state index in [0.29, 0.717) is 11.7 Å². The van der Waals surface area contributed by atoms with Crippen molar-refractivity contribution in [2.75, 3.05) is 13.7 Å². The molecule has 0 radical (unpaired) electrons. The number of ether oxygens (including phenoxy) is 1. The number of methoxy groups -OCH3 is 1. The molecule has 1 rings (SSSR count). The summed E-state index contributed by atoms with van der Waals surface area (Å²) >= 11 is 8.64. The van der Waals surface area contributed by atoms with Crippen molar-refractivity contribution < 1.29 is 4.74 Å². The predicted molar refractivity (Wildman–Crippen MR) is 83.0 cm³/mol. The first-order valence-corrected chi connectivity index (χ1v) is 6.77. The fourth-order valence-electron chi connectivity index (χ4n) is 1.45. The Labute approximate surface area is 122 Å². The van der Waals surface area contributed by atoms with Crippen molar-refractivity contribution in [1.29, 1.82) is 0 Å². The highest BCUT2D eigenvalue weighted by atomic mass is 79.9. The summed E-state index contributed by atoms with van der Waals surface area (Å²) in [6.45, 7) is 6.34. The lowest BCUT2D eigenvalue weighted by Crippen LogP contribution is -2.36. The second kappa shape index (κ2) is 7.38. The lowest BCUT2D eigenvalue weighted by atomic mass is 10.1. The van der Waals surface area contributed by atoms with Gasteiger partial charge in [-0.2, -0.15) is 0 Å². The molecule has 0 saturated carbocycles. The lowest BCUT2D eigenvalue weighted by molar-refractivity contribution is 0.412. The predicted octanol–water partition coefficient (Wildman–Crippen LogP) is 3.17. The fraction of sp³-hybridized carbons (Fsp3) is 0.308. The summed E-state index contributed by atoms with van der Waals surface area (Å²) in [7, 11) is 1.65. The molecule has 1 aromatic rings. The molecule has 0 amide bonds. The second-order valence-electron chi connectivity index (χ2n) is 3.76. The molecule has 0 bridgehead atoms. The largest absolute Gasteiger partial charge is 0.496 e. The molecule has 0 fully saturated rings. The normalized spacial score (nSPS) is 11.5. The van der Waals surface area contributed by atoms with Gasteiger partial charge in [-0.1, -0.05) is 12.1 Å². The number of thiocarbonyl (C=S) groups is 1. The summed E-state index contributed by atoms with van der Waals surface area (Å²) in [4.78, 5) is 0. The second-order valence-corrected chi connectivity index (χ2v) is 5.02. The van der Waals surface area contributed by atoms with E-state index in [2.05, 4.69) is 40.1 Å². The van der Waals surface area contributed by atoms with E-state index in [1.54, 1.807) is 13.2 Å². The molecule has 0 aliphatic carbocycles. The van der Waals surface area contributed by atoms with Gasteiger partial charge >= 0.3 is 0 Å². The third-order valence-electron chi connectivity index (χ3n) is 2.43. The highest BCUT2D eigenvalue weighted by Crippen LogP contribution is 2.27. The standard InChI is InChI=1S/C13H17BrN2OS/c1-4-7-15-13(18)16-9(2)10-5-6-12(17-3)11(14)8-10/h4-6,8-9H,1,7H2,2-3H3,(H2,15,16,18)/t9-/m0/s1. The molecule has 2 N–H and O–H groups in total. The molecule has 0 aromatic heterocycles. The van der Waals surface area contributed by atoms with Gasteiger partial charge in [-0.3, -0.25) is 0 Å². The van der Waals surface area contributed by atoms with Gasteiger partial charge in [-0.15, -0.1) is 6.58 Å². The molecule has 98 valence electrons. The van der Waals surface area contributed by atoms with E-state index >= 15 is 0 Å². The Morgan fingerprint density at radius 3 is 2.89 bits per heavy atom. The summed E-state index contributed by atoms with van der Waals surface area (Å²) < 4.78 is 6.13. The quantitative estimate of drug-likeness (QED) is 0.642. The Morgan fingerprint density at radius 2 is 2.33 bits per heavy atom. The van der Waals surface area contributed by atoms with Crippen molar-refractivity contribution >= 4 is 33.3 Å². The van der Waals surface area contributed by atoms with Crippen LogP contribution in [0.3, 0.4) is 0 Å². The Bertz CT molecular complexity index is 437. The molecule has 5 heteroatoms. The van der Waals surface area contributed by atoms with Crippen LogP contribution in [0.2, 0.25) is 0 Å². The number of hydrogen-bond acceptors (Lipinski definition) is 2. The van der Waals surface area contributed by atoms with Crippen molar-refractivity contribution in [3.63, 3.8) is 0 Å². The molecule has 0 aliphatic heterocycles. The molecule has 18 heavy (non-hydrogen) atoms. The molecule has 0 unspecified atom stereocenters. The first-order chi connectivity index (χ1) is 8.58. The maximum absolute atomic E-state index is 5.20. The zero-order chi connectivity index (χ0) is 13.5. The molecule has 0 spiro atoms. The van der Waals surface area contributed by atoms with Gasteiger partial charge in [0.2, 0.25) is 0 Å². The van der Waals surface area contributed by atoms with E-state index in [0.717, 1.165) is 15.8 Å². The van der Waals surface area contributed by atoms with E-state index < -0.39 is 0 Å². The molecular weight excluding hydrogens is 312 g/mol. The first-order valence-electron chi connectivity index (χ1n) is 5.57. The fourth-order valence-corrected chi connectivity index (χ4v) is 2.27. The van der Waals surface area contributed by atoms with Gasteiger partial charge in [0, 0.05) is 6.54 Å². The first kappa shape index (κ1) is 15.0. The third kappa shape index (κ3) is 4.31. The van der Waals surface area contributed by atoms with Crippen molar-refractivity contribution in [2.24, 2.45) is 0 Å². The van der Waals surface area contributed by atoms with Crippen LogP contribution in [0.5, 0.6) is 5.75 Å². The van der Waals surface area contributed by atoms with Crippen molar-refractivity contribution in [2.45, 2.75) is 13.0 Å². The SMILES string of the molecule is C=CCNC(=S)N[C@@H](C)c1ccc(OC)c(Br)c1. The van der Waals surface area contributed by atoms with E-state index in [1.165, 1.54) is 0 Å². The summed E-state index contributed by atoms with van der Waals surface area (Å²) in [5.41, 5.74) is 1.13. The van der Waals surface area contributed by atoms with Gasteiger partial charge < -0.3 is 15.4 Å². The van der Waals surface area contributed by atoms with E-state index in [1.807, 2.05) is 18.2 Å². The van der Waals surface area contributed by atoms with Crippen LogP contribution >= 0.6 is 28.1 Å². The minimum atomic E-state index is 0.122. The molecule has 1 aromatic carbocycles. The summed E-state index contributed by atoms with van der Waals surface area (Å²) in [5.74, 6) is 0.818. The van der Waals surface area contributed by atoms with Crippen LogP contribution < -0.4 is 15.4 Å². The van der Waals surface area contributed by atoms with E-state index in [4.69, 9.17) is 17.0 Å². The van der Waals surface area contributed by atoms with Crippen LogP contribution in [0.1, 0.15) is 18.5 Å². The van der Waals surface area contributed by atoms with Crippen LogP contribution in [0.15, 0.2) is 35.3 Å². The number of halogens is 1. The Morgan fingerprint density at radius 1 is 1.61 bits per heavy atom. The van der Waals surface area contributed by atoms with Crippen molar-refractivity contribution in [3.05, 3.63) is 40.9 Å². The molecule has 0 aliphatic rings. The lowest BCUT2D eigenvalue weighted by Gasteiger charge is -2.17. The molecule has 0 saturated heterocycles. The number of rotatable bonds is 5. The highest BCUT2D eigenvalue weighted by molar-refractivity contribution is 9.10. The van der Waals surface area contributed by atoms with Gasteiger partial charge in [-0.25, -0.2) is 0 Å². The maximum atomic E-state index is 5.20. The van der Waals surface area contributed by atoms with Crippen molar-refractivity contribution in [1.82, 2.24) is 10.6 Å². The number of hydrogen-bond donors (Lipinski definition) is 2. The number of nitrogens with one attached hydrogen (secondary N) is 2. The van der Waals surface area contributed by atoms with Crippen LogP contribution in [-0.4, -0.2) is 18.8 Å².